The highest BCUT2D eigenvalue weighted by atomic mass is 32.2. The number of carbonyl (C=O) groups is 1. The smallest absolute Gasteiger partial charge is 0.262 e. The number of hydrogen-bond acceptors (Lipinski definition) is 6. The second kappa shape index (κ2) is 8.76. The van der Waals surface area contributed by atoms with E-state index in [0.29, 0.717) is 26.2 Å². The van der Waals surface area contributed by atoms with Gasteiger partial charge < -0.3 is 5.32 Å². The number of fused-ring (bicyclic) bond motifs is 3. The van der Waals surface area contributed by atoms with Gasteiger partial charge in [-0.05, 0) is 50.0 Å². The Morgan fingerprint density at radius 1 is 1.27 bits per heavy atom. The van der Waals surface area contributed by atoms with Crippen molar-refractivity contribution < 1.29 is 13.2 Å². The van der Waals surface area contributed by atoms with Gasteiger partial charge in [0.25, 0.3) is 5.56 Å². The highest BCUT2D eigenvalue weighted by Gasteiger charge is 2.25. The van der Waals surface area contributed by atoms with E-state index in [0.717, 1.165) is 47.9 Å². The van der Waals surface area contributed by atoms with Crippen LogP contribution in [0, 0.1) is 5.92 Å². The number of amides is 1. The number of sulfonamides is 1. The largest absolute Gasteiger partial charge is 0.356 e. The van der Waals surface area contributed by atoms with Crippen LogP contribution in [0.25, 0.3) is 10.2 Å². The molecule has 1 N–H and O–H groups in total. The topological polar surface area (TPSA) is 101 Å². The summed E-state index contributed by atoms with van der Waals surface area (Å²) in [5.41, 5.74) is 1.12. The third-order valence-corrected chi connectivity index (χ3v) is 8.65. The maximum absolute atomic E-state index is 12.9. The lowest BCUT2D eigenvalue weighted by Crippen LogP contribution is -2.41. The van der Waals surface area contributed by atoms with E-state index in [1.165, 1.54) is 21.9 Å². The number of nitrogens with one attached hydrogen (secondary N) is 1. The van der Waals surface area contributed by atoms with Crippen molar-refractivity contribution in [2.75, 3.05) is 25.9 Å². The molecule has 164 valence electrons. The summed E-state index contributed by atoms with van der Waals surface area (Å²) in [4.78, 5) is 31.8. The predicted octanol–water partition coefficient (Wildman–Crippen LogP) is 1.51. The summed E-state index contributed by atoms with van der Waals surface area (Å²) < 4.78 is 26.2. The van der Waals surface area contributed by atoms with E-state index in [9.17, 15) is 18.0 Å². The van der Waals surface area contributed by atoms with Crippen LogP contribution in [0.1, 0.15) is 42.5 Å². The van der Waals surface area contributed by atoms with Crippen LogP contribution >= 0.6 is 11.3 Å². The van der Waals surface area contributed by atoms with Crippen LogP contribution in [0.15, 0.2) is 11.1 Å². The first-order valence-electron chi connectivity index (χ1n) is 10.5. The van der Waals surface area contributed by atoms with Gasteiger partial charge in [-0.2, -0.15) is 0 Å². The van der Waals surface area contributed by atoms with Crippen LogP contribution in [0.3, 0.4) is 0 Å². The third-order valence-electron chi connectivity index (χ3n) is 6.15. The highest BCUT2D eigenvalue weighted by Crippen LogP contribution is 2.33. The Morgan fingerprint density at radius 3 is 2.73 bits per heavy atom. The zero-order valence-electron chi connectivity index (χ0n) is 17.2. The summed E-state index contributed by atoms with van der Waals surface area (Å²) in [6.07, 6.45) is 8.75. The molecular formula is C20H28N4O4S2. The van der Waals surface area contributed by atoms with Crippen molar-refractivity contribution in [2.45, 2.75) is 51.5 Å². The average Bonchev–Trinajstić information content (AvgIpc) is 3.11. The molecule has 1 aliphatic heterocycles. The lowest BCUT2D eigenvalue weighted by molar-refractivity contribution is -0.121. The number of rotatable bonds is 6. The van der Waals surface area contributed by atoms with Crippen LogP contribution < -0.4 is 10.9 Å². The van der Waals surface area contributed by atoms with E-state index >= 15 is 0 Å². The van der Waals surface area contributed by atoms with Crippen LogP contribution in [0.4, 0.5) is 0 Å². The predicted molar refractivity (Wildman–Crippen MR) is 117 cm³/mol. The van der Waals surface area contributed by atoms with Gasteiger partial charge in [-0.15, -0.1) is 11.3 Å². The quantitative estimate of drug-likeness (QED) is 0.716. The Morgan fingerprint density at radius 2 is 2.00 bits per heavy atom. The number of aryl methyl sites for hydroxylation is 3. The Hall–Kier alpha value is -1.78. The minimum absolute atomic E-state index is 0.0413. The van der Waals surface area contributed by atoms with Gasteiger partial charge >= 0.3 is 0 Å². The fourth-order valence-electron chi connectivity index (χ4n) is 4.35. The van der Waals surface area contributed by atoms with Crippen molar-refractivity contribution in [1.29, 1.82) is 0 Å². The summed E-state index contributed by atoms with van der Waals surface area (Å²) in [5.74, 6) is 0.185. The van der Waals surface area contributed by atoms with Crippen molar-refractivity contribution in [2.24, 2.45) is 5.92 Å². The Kier molecular flexibility index (Phi) is 6.26. The van der Waals surface area contributed by atoms with Crippen LogP contribution in [0.5, 0.6) is 0 Å². The normalized spacial score (nSPS) is 18.4. The van der Waals surface area contributed by atoms with Crippen molar-refractivity contribution >= 4 is 37.5 Å². The molecule has 3 heterocycles. The summed E-state index contributed by atoms with van der Waals surface area (Å²) in [5, 5.41) is 3.68. The molecule has 0 bridgehead atoms. The molecule has 1 aliphatic carbocycles. The van der Waals surface area contributed by atoms with Gasteiger partial charge in [0.1, 0.15) is 4.83 Å². The van der Waals surface area contributed by atoms with Crippen molar-refractivity contribution in [1.82, 2.24) is 19.2 Å². The van der Waals surface area contributed by atoms with Gasteiger partial charge in [-0.25, -0.2) is 17.7 Å². The van der Waals surface area contributed by atoms with Gasteiger partial charge in [0, 0.05) is 37.5 Å². The van der Waals surface area contributed by atoms with E-state index < -0.39 is 10.0 Å². The zero-order chi connectivity index (χ0) is 21.3. The molecule has 1 saturated heterocycles. The van der Waals surface area contributed by atoms with Gasteiger partial charge in [0.15, 0.2) is 0 Å². The molecule has 0 unspecified atom stereocenters. The van der Waals surface area contributed by atoms with E-state index in [2.05, 4.69) is 10.3 Å². The van der Waals surface area contributed by atoms with Gasteiger partial charge in [-0.3, -0.25) is 14.2 Å². The van der Waals surface area contributed by atoms with Gasteiger partial charge in [0.05, 0.1) is 18.0 Å². The molecular weight excluding hydrogens is 424 g/mol. The number of carbonyl (C=O) groups excluding carboxylic acids is 1. The van der Waals surface area contributed by atoms with Crippen molar-refractivity contribution in [3.05, 3.63) is 27.1 Å². The van der Waals surface area contributed by atoms with Gasteiger partial charge in [0.2, 0.25) is 15.9 Å². The minimum atomic E-state index is -3.13. The summed E-state index contributed by atoms with van der Waals surface area (Å²) in [6.45, 7) is 1.86. The fraction of sp³-hybridized carbons (Fsp3) is 0.650. The number of hydrogen-bond donors (Lipinski definition) is 1. The number of nitrogens with zero attached hydrogens (tertiary/aromatic N) is 3. The SMILES string of the molecule is CS(=O)(=O)N1CCC(CNC(=O)CCn2cnc3sc4c(c3c2=O)CCCC4)CC1. The molecule has 4 rings (SSSR count). The molecule has 30 heavy (non-hydrogen) atoms. The van der Waals surface area contributed by atoms with Crippen molar-refractivity contribution in [3.63, 3.8) is 0 Å². The third kappa shape index (κ3) is 4.60. The average molecular weight is 453 g/mol. The molecule has 0 atom stereocenters. The molecule has 2 aromatic heterocycles. The molecule has 1 amide bonds. The molecule has 1 fully saturated rings. The van der Waals surface area contributed by atoms with Crippen LogP contribution in [-0.2, 0) is 34.2 Å². The monoisotopic (exact) mass is 452 g/mol. The number of aromatic nitrogens is 2. The summed E-state index contributed by atoms with van der Waals surface area (Å²) >= 11 is 1.63. The molecule has 10 heteroatoms. The Balaban J connectivity index is 1.31. The molecule has 2 aromatic rings. The van der Waals surface area contributed by atoms with E-state index in [1.54, 1.807) is 22.2 Å². The minimum Gasteiger partial charge on any atom is -0.356 e. The van der Waals surface area contributed by atoms with Gasteiger partial charge in [-0.1, -0.05) is 0 Å². The van der Waals surface area contributed by atoms with E-state index in [-0.39, 0.29) is 23.8 Å². The standard InChI is InChI=1S/C20H28N4O4S2/c1-30(27,28)24-10-6-14(7-11-24)12-21-17(25)8-9-23-13-22-19-18(20(23)26)15-4-2-3-5-16(15)29-19/h13-14H,2-12H2,1H3,(H,21,25). The van der Waals surface area contributed by atoms with Crippen LogP contribution in [0.2, 0.25) is 0 Å². The Bertz CT molecular complexity index is 1100. The van der Waals surface area contributed by atoms with E-state index in [1.807, 2.05) is 0 Å². The second-order valence-corrected chi connectivity index (χ2v) is 11.4. The molecule has 8 nitrogen and oxygen atoms in total. The second-order valence-electron chi connectivity index (χ2n) is 8.29. The van der Waals surface area contributed by atoms with Crippen molar-refractivity contribution in [3.8, 4) is 0 Å². The highest BCUT2D eigenvalue weighted by molar-refractivity contribution is 7.88. The lowest BCUT2D eigenvalue weighted by atomic mass is 9.97. The molecule has 0 saturated carbocycles. The lowest BCUT2D eigenvalue weighted by Gasteiger charge is -2.30. The molecule has 0 aromatic carbocycles. The van der Waals surface area contributed by atoms with Crippen LogP contribution in [-0.4, -0.2) is 54.1 Å². The Labute approximate surface area is 180 Å². The summed E-state index contributed by atoms with van der Waals surface area (Å²) in [7, 11) is -3.13. The first kappa shape index (κ1) is 21.5. The fourth-order valence-corrected chi connectivity index (χ4v) is 6.45. The molecule has 0 radical (unpaired) electrons. The summed E-state index contributed by atoms with van der Waals surface area (Å²) in [6, 6.07) is 0. The molecule has 0 spiro atoms. The molecule has 2 aliphatic rings. The van der Waals surface area contributed by atoms with E-state index in [4.69, 9.17) is 0 Å². The first-order valence-corrected chi connectivity index (χ1v) is 13.2. The number of piperidine rings is 1. The first-order chi connectivity index (χ1) is 14.3. The zero-order valence-corrected chi connectivity index (χ0v) is 18.9. The number of thiophene rings is 1. The maximum atomic E-state index is 12.9. The maximum Gasteiger partial charge on any atom is 0.262 e.